The molecule has 1 aliphatic heterocycles. The summed E-state index contributed by atoms with van der Waals surface area (Å²) in [5.41, 5.74) is 2.90. The third-order valence-corrected chi connectivity index (χ3v) is 6.18. The highest BCUT2D eigenvalue weighted by molar-refractivity contribution is 6.33. The molecule has 0 saturated heterocycles. The van der Waals surface area contributed by atoms with Gasteiger partial charge in [-0.15, -0.1) is 0 Å². The largest absolute Gasteiger partial charge is 0.325 e. The predicted molar refractivity (Wildman–Crippen MR) is 133 cm³/mol. The third-order valence-electron chi connectivity index (χ3n) is 5.85. The summed E-state index contributed by atoms with van der Waals surface area (Å²) in [6.45, 7) is 4.86. The van der Waals surface area contributed by atoms with E-state index in [9.17, 15) is 18.4 Å². The minimum atomic E-state index is -3.02. The summed E-state index contributed by atoms with van der Waals surface area (Å²) in [5.74, 6) is -5.41. The van der Waals surface area contributed by atoms with Crippen LogP contribution in [0, 0.1) is 12.8 Å². The molecule has 4 rings (SSSR count). The number of hydrazone groups is 1. The fourth-order valence-corrected chi connectivity index (χ4v) is 4.10. The van der Waals surface area contributed by atoms with E-state index in [1.807, 2.05) is 19.1 Å². The molecule has 0 saturated carbocycles. The SMILES string of the molecule is CCC(F)(F)c1cccc(NC(=O)C2C(=O)N(c3ccc(Cl)c(-c4ncccc4C)c3)N=C2C)c1. The first-order valence-electron chi connectivity index (χ1n) is 11.0. The predicted octanol–water partition coefficient (Wildman–Crippen LogP) is 6.19. The zero-order valence-electron chi connectivity index (χ0n) is 19.3. The van der Waals surface area contributed by atoms with E-state index < -0.39 is 23.7 Å². The number of rotatable bonds is 6. The Labute approximate surface area is 206 Å². The number of nitrogens with zero attached hydrogens (tertiary/aromatic N) is 3. The number of carbonyl (C=O) groups excluding carboxylic acids is 2. The Kier molecular flexibility index (Phi) is 6.67. The molecule has 0 fully saturated rings. The van der Waals surface area contributed by atoms with Crippen molar-refractivity contribution < 1.29 is 18.4 Å². The molecule has 2 amide bonds. The molecule has 1 atom stereocenters. The number of hydrogen-bond acceptors (Lipinski definition) is 4. The van der Waals surface area contributed by atoms with Crippen molar-refractivity contribution in [3.05, 3.63) is 76.9 Å². The number of nitrogens with one attached hydrogen (secondary N) is 1. The minimum Gasteiger partial charge on any atom is -0.325 e. The van der Waals surface area contributed by atoms with Crippen molar-refractivity contribution in [1.29, 1.82) is 0 Å². The van der Waals surface area contributed by atoms with Gasteiger partial charge in [0.2, 0.25) is 5.91 Å². The molecule has 9 heteroatoms. The van der Waals surface area contributed by atoms with Crippen LogP contribution in [-0.2, 0) is 15.5 Å². The normalized spacial score (nSPS) is 15.8. The lowest BCUT2D eigenvalue weighted by molar-refractivity contribution is -0.127. The van der Waals surface area contributed by atoms with Crippen LogP contribution < -0.4 is 10.3 Å². The van der Waals surface area contributed by atoms with Crippen molar-refractivity contribution in [2.24, 2.45) is 11.0 Å². The van der Waals surface area contributed by atoms with Crippen LogP contribution in [0.25, 0.3) is 11.3 Å². The maximum Gasteiger partial charge on any atom is 0.273 e. The Hall–Kier alpha value is -3.65. The molecule has 6 nitrogen and oxygen atoms in total. The molecule has 35 heavy (non-hydrogen) atoms. The quantitative estimate of drug-likeness (QED) is 0.413. The lowest BCUT2D eigenvalue weighted by Crippen LogP contribution is -2.36. The van der Waals surface area contributed by atoms with E-state index in [2.05, 4.69) is 15.4 Å². The molecule has 1 N–H and O–H groups in total. The highest BCUT2D eigenvalue weighted by Gasteiger charge is 2.40. The molecule has 0 aliphatic carbocycles. The van der Waals surface area contributed by atoms with Crippen LogP contribution in [0.3, 0.4) is 0 Å². The zero-order chi connectivity index (χ0) is 25.3. The van der Waals surface area contributed by atoms with Gasteiger partial charge in [0.15, 0.2) is 5.92 Å². The minimum absolute atomic E-state index is 0.180. The van der Waals surface area contributed by atoms with Gasteiger partial charge in [-0.1, -0.05) is 36.7 Å². The number of benzene rings is 2. The molecule has 0 radical (unpaired) electrons. The zero-order valence-corrected chi connectivity index (χ0v) is 20.1. The molecule has 0 spiro atoms. The van der Waals surface area contributed by atoms with E-state index in [4.69, 9.17) is 11.6 Å². The molecule has 1 aromatic heterocycles. The molecule has 0 bridgehead atoms. The number of carbonyl (C=O) groups is 2. The van der Waals surface area contributed by atoms with Crippen LogP contribution in [0.2, 0.25) is 5.02 Å². The van der Waals surface area contributed by atoms with Crippen molar-refractivity contribution in [1.82, 2.24) is 4.98 Å². The van der Waals surface area contributed by atoms with Crippen molar-refractivity contribution in [2.75, 3.05) is 10.3 Å². The summed E-state index contributed by atoms with van der Waals surface area (Å²) >= 11 is 6.40. The molecule has 3 aromatic rings. The number of aromatic nitrogens is 1. The lowest BCUT2D eigenvalue weighted by Gasteiger charge is -2.17. The van der Waals surface area contributed by atoms with Crippen LogP contribution in [0.1, 0.15) is 31.4 Å². The molecule has 1 aliphatic rings. The number of pyridine rings is 1. The smallest absolute Gasteiger partial charge is 0.273 e. The van der Waals surface area contributed by atoms with Crippen molar-refractivity contribution >= 4 is 40.5 Å². The maximum atomic E-state index is 14.1. The van der Waals surface area contributed by atoms with E-state index in [1.54, 1.807) is 31.3 Å². The first kappa shape index (κ1) is 24.5. The Bertz CT molecular complexity index is 1340. The molecular weight excluding hydrogens is 474 g/mol. The Morgan fingerprint density at radius 3 is 2.63 bits per heavy atom. The number of hydrogen-bond donors (Lipinski definition) is 1. The van der Waals surface area contributed by atoms with Crippen LogP contribution in [0.4, 0.5) is 20.2 Å². The van der Waals surface area contributed by atoms with Gasteiger partial charge in [0.05, 0.1) is 22.1 Å². The van der Waals surface area contributed by atoms with Crippen LogP contribution in [0.15, 0.2) is 65.9 Å². The second kappa shape index (κ2) is 9.54. The summed E-state index contributed by atoms with van der Waals surface area (Å²) in [5, 5.41) is 8.48. The second-order valence-corrected chi connectivity index (χ2v) is 8.69. The highest BCUT2D eigenvalue weighted by atomic mass is 35.5. The average molecular weight is 497 g/mol. The van der Waals surface area contributed by atoms with Crippen LogP contribution in [0.5, 0.6) is 0 Å². The first-order chi connectivity index (χ1) is 16.6. The van der Waals surface area contributed by atoms with E-state index in [-0.39, 0.29) is 23.4 Å². The lowest BCUT2D eigenvalue weighted by atomic mass is 10.0. The summed E-state index contributed by atoms with van der Waals surface area (Å²) in [6, 6.07) is 14.1. The highest BCUT2D eigenvalue weighted by Crippen LogP contribution is 2.35. The molecular formula is C26H23ClF2N4O2. The van der Waals surface area contributed by atoms with Crippen molar-refractivity contribution in [3.63, 3.8) is 0 Å². The summed E-state index contributed by atoms with van der Waals surface area (Å²) < 4.78 is 28.1. The van der Waals surface area contributed by atoms with Gasteiger partial charge in [0.1, 0.15) is 0 Å². The Morgan fingerprint density at radius 2 is 1.91 bits per heavy atom. The summed E-state index contributed by atoms with van der Waals surface area (Å²) in [4.78, 5) is 30.6. The number of anilines is 2. The van der Waals surface area contributed by atoms with Gasteiger partial charge >= 0.3 is 0 Å². The first-order valence-corrected chi connectivity index (χ1v) is 11.4. The number of halogens is 3. The monoisotopic (exact) mass is 496 g/mol. The van der Waals surface area contributed by atoms with Gasteiger partial charge in [-0.2, -0.15) is 10.1 Å². The standard InChI is InChI=1S/C26H23ClF2N4O2/c1-4-26(28,29)17-8-5-9-18(13-17)31-24(34)22-16(3)32-33(25(22)35)19-10-11-21(27)20(14-19)23-15(2)7-6-12-30-23/h5-14,22H,4H2,1-3H3,(H,31,34). The van der Waals surface area contributed by atoms with Crippen molar-refractivity contribution in [3.8, 4) is 11.3 Å². The van der Waals surface area contributed by atoms with Crippen LogP contribution >= 0.6 is 11.6 Å². The summed E-state index contributed by atoms with van der Waals surface area (Å²) in [7, 11) is 0. The second-order valence-electron chi connectivity index (χ2n) is 8.29. The summed E-state index contributed by atoms with van der Waals surface area (Å²) in [6.07, 6.45) is 1.29. The topological polar surface area (TPSA) is 74.7 Å². The van der Waals surface area contributed by atoms with E-state index in [0.29, 0.717) is 22.0 Å². The number of alkyl halides is 2. The molecule has 2 aromatic carbocycles. The fraction of sp³-hybridized carbons (Fsp3) is 0.231. The van der Waals surface area contributed by atoms with E-state index >= 15 is 0 Å². The average Bonchev–Trinajstić information content (AvgIpc) is 3.14. The number of aryl methyl sites for hydroxylation is 1. The van der Waals surface area contributed by atoms with Gasteiger partial charge in [-0.3, -0.25) is 14.6 Å². The maximum absolute atomic E-state index is 14.1. The van der Waals surface area contributed by atoms with Crippen LogP contribution in [-0.4, -0.2) is 22.5 Å². The number of amides is 2. The Morgan fingerprint density at radius 1 is 1.14 bits per heavy atom. The van der Waals surface area contributed by atoms with Crippen molar-refractivity contribution in [2.45, 2.75) is 33.1 Å². The van der Waals surface area contributed by atoms with E-state index in [0.717, 1.165) is 10.6 Å². The van der Waals surface area contributed by atoms with Gasteiger partial charge in [0.25, 0.3) is 11.8 Å². The van der Waals surface area contributed by atoms with Gasteiger partial charge in [-0.25, -0.2) is 8.78 Å². The van der Waals surface area contributed by atoms with Gasteiger partial charge in [-0.05, 0) is 55.8 Å². The Balaban J connectivity index is 1.58. The van der Waals surface area contributed by atoms with E-state index in [1.165, 1.54) is 31.2 Å². The molecule has 1 unspecified atom stereocenters. The van der Waals surface area contributed by atoms with Gasteiger partial charge in [0, 0.05) is 29.4 Å². The fourth-order valence-electron chi connectivity index (χ4n) is 3.89. The molecule has 180 valence electrons. The molecule has 2 heterocycles. The van der Waals surface area contributed by atoms with Gasteiger partial charge < -0.3 is 5.32 Å². The third kappa shape index (κ3) is 4.79.